The molecule has 3 aliphatic heterocycles. The lowest BCUT2D eigenvalue weighted by Gasteiger charge is -2.48. The number of carbonyl (C=O) groups is 1. The van der Waals surface area contributed by atoms with Crippen LogP contribution in [-0.2, 0) is 38.0 Å². The minimum atomic E-state index is -1.66. The first-order valence-electron chi connectivity index (χ1n) is 14.1. The molecule has 3 fully saturated rings. The largest absolute Gasteiger partial charge is 0.390 e. The van der Waals surface area contributed by atoms with Crippen LogP contribution >= 0.6 is 0 Å². The molecule has 3 saturated heterocycles. The van der Waals surface area contributed by atoms with Gasteiger partial charge in [-0.25, -0.2) is 0 Å². The van der Waals surface area contributed by atoms with Gasteiger partial charge in [-0.1, -0.05) is 0 Å². The fourth-order valence-corrected chi connectivity index (χ4v) is 5.27. The van der Waals surface area contributed by atoms with Gasteiger partial charge in [0.1, 0.15) is 48.8 Å². The van der Waals surface area contributed by atoms with Gasteiger partial charge in [0.25, 0.3) is 0 Å². The Labute approximate surface area is 244 Å². The maximum Gasteiger partial charge on any atom is 0.223 e. The van der Waals surface area contributed by atoms with E-state index in [0.717, 1.165) is 0 Å². The van der Waals surface area contributed by atoms with Crippen LogP contribution in [-0.4, -0.2) is 154 Å². The molecule has 16 nitrogen and oxygen atoms in total. The van der Waals surface area contributed by atoms with Crippen LogP contribution in [0.2, 0.25) is 0 Å². The number of aliphatic hydroxyl groups is 6. The minimum absolute atomic E-state index is 0.0786. The molecule has 0 saturated carbocycles. The summed E-state index contributed by atoms with van der Waals surface area (Å²) in [6, 6.07) is -0.919. The molecule has 3 heterocycles. The molecule has 1 amide bonds. The van der Waals surface area contributed by atoms with E-state index >= 15 is 0 Å². The molecule has 0 aliphatic carbocycles. The Morgan fingerprint density at radius 2 is 1.29 bits per heavy atom. The van der Waals surface area contributed by atoms with Gasteiger partial charge >= 0.3 is 0 Å². The standard InChI is InChI=1S/C26H48N2O14/c1-10-14(28-13(29)9-26(4,5)35)17(32)22(36-6)25(38-10)42-21-16(31)12(3)40-24(19(21)34)41-20-15(30)11(2)39-23(18(20)33)37-8-7-27/h10-12,14-25,30-35H,7-9,27H2,1-6H3,(H,28,29)/t10-,11+,12+,14-,15+,16+,17+,18-,19-,20-,21-,22-,23-,24+,25+/m1/s1. The number of amides is 1. The van der Waals surface area contributed by atoms with Gasteiger partial charge in [0, 0.05) is 13.7 Å². The van der Waals surface area contributed by atoms with Gasteiger partial charge < -0.3 is 74.8 Å². The Morgan fingerprint density at radius 3 is 1.81 bits per heavy atom. The summed E-state index contributed by atoms with van der Waals surface area (Å²) < 4.78 is 39.7. The van der Waals surface area contributed by atoms with Crippen molar-refractivity contribution in [2.45, 2.75) is 139 Å². The highest BCUT2D eigenvalue weighted by Crippen LogP contribution is 2.33. The summed E-state index contributed by atoms with van der Waals surface area (Å²) in [5.41, 5.74) is 4.20. The Kier molecular flexibility index (Phi) is 12.5. The topological polar surface area (TPSA) is 241 Å². The first-order chi connectivity index (χ1) is 19.6. The zero-order valence-corrected chi connectivity index (χ0v) is 24.8. The van der Waals surface area contributed by atoms with Crippen LogP contribution in [0, 0.1) is 0 Å². The van der Waals surface area contributed by atoms with Gasteiger partial charge in [0.15, 0.2) is 18.9 Å². The molecule has 0 unspecified atom stereocenters. The van der Waals surface area contributed by atoms with Crippen LogP contribution in [0.1, 0.15) is 41.0 Å². The number of aliphatic hydroxyl groups excluding tert-OH is 5. The maximum atomic E-state index is 12.4. The third-order valence-electron chi connectivity index (χ3n) is 7.57. The summed E-state index contributed by atoms with van der Waals surface area (Å²) in [7, 11) is 1.29. The summed E-state index contributed by atoms with van der Waals surface area (Å²) in [5, 5.41) is 67.1. The highest BCUT2D eigenvalue weighted by atomic mass is 16.7. The number of hydrogen-bond acceptors (Lipinski definition) is 15. The number of hydrogen-bond donors (Lipinski definition) is 8. The van der Waals surface area contributed by atoms with Crippen molar-refractivity contribution >= 4 is 5.91 Å². The van der Waals surface area contributed by atoms with Gasteiger partial charge in [0.05, 0.1) is 43.0 Å². The molecule has 0 radical (unpaired) electrons. The Balaban J connectivity index is 1.73. The van der Waals surface area contributed by atoms with Crippen molar-refractivity contribution in [3.63, 3.8) is 0 Å². The van der Waals surface area contributed by atoms with Crippen LogP contribution < -0.4 is 11.1 Å². The molecule has 16 heteroatoms. The van der Waals surface area contributed by atoms with Gasteiger partial charge in [-0.3, -0.25) is 4.79 Å². The van der Waals surface area contributed by atoms with Crippen LogP contribution in [0.25, 0.3) is 0 Å². The first kappa shape index (κ1) is 35.4. The quantitative estimate of drug-likeness (QED) is 0.113. The van der Waals surface area contributed by atoms with Crippen molar-refractivity contribution < 1.29 is 68.6 Å². The molecular formula is C26H48N2O14. The molecule has 3 rings (SSSR count). The predicted octanol–water partition coefficient (Wildman–Crippen LogP) is -3.57. The van der Waals surface area contributed by atoms with E-state index in [0.29, 0.717) is 0 Å². The van der Waals surface area contributed by atoms with Crippen LogP contribution in [0.4, 0.5) is 0 Å². The molecule has 0 aromatic rings. The average molecular weight is 613 g/mol. The summed E-state index contributed by atoms with van der Waals surface area (Å²) in [6.45, 7) is 7.86. The van der Waals surface area contributed by atoms with Crippen molar-refractivity contribution in [1.82, 2.24) is 5.32 Å². The smallest absolute Gasteiger partial charge is 0.223 e. The number of carbonyl (C=O) groups excluding carboxylic acids is 1. The minimum Gasteiger partial charge on any atom is -0.390 e. The average Bonchev–Trinajstić information content (AvgIpc) is 2.90. The highest BCUT2D eigenvalue weighted by Gasteiger charge is 2.53. The van der Waals surface area contributed by atoms with Crippen molar-refractivity contribution in [2.75, 3.05) is 20.3 Å². The molecule has 0 aromatic carbocycles. The molecule has 0 aromatic heterocycles. The zero-order chi connectivity index (χ0) is 31.5. The van der Waals surface area contributed by atoms with Gasteiger partial charge in [-0.15, -0.1) is 0 Å². The van der Waals surface area contributed by atoms with Crippen molar-refractivity contribution in [1.29, 1.82) is 0 Å². The molecular weight excluding hydrogens is 564 g/mol. The molecule has 0 spiro atoms. The van der Waals surface area contributed by atoms with Crippen LogP contribution in [0.5, 0.6) is 0 Å². The van der Waals surface area contributed by atoms with E-state index in [-0.39, 0.29) is 19.6 Å². The van der Waals surface area contributed by atoms with Crippen LogP contribution in [0.3, 0.4) is 0 Å². The normalized spacial score (nSPS) is 45.0. The SMILES string of the molecule is CO[C@H]1[C@H](O[C@@H]2[C@@H](O)[C@H](C)O[C@@H](O[C@@H]3[C@@H](O)[C@H](C)O[C@@H](OCCN)[C@@H]3O)[C@@H]2O)O[C@H](C)[C@@H](NC(=O)CC(C)(C)O)[C@@H]1O. The molecule has 9 N–H and O–H groups in total. The number of ether oxygens (including phenoxy) is 7. The molecule has 0 bridgehead atoms. The lowest BCUT2D eigenvalue weighted by Crippen LogP contribution is -2.67. The van der Waals surface area contributed by atoms with Crippen molar-refractivity contribution in [3.05, 3.63) is 0 Å². The summed E-state index contributed by atoms with van der Waals surface area (Å²) >= 11 is 0. The van der Waals surface area contributed by atoms with Gasteiger partial charge in [-0.2, -0.15) is 0 Å². The van der Waals surface area contributed by atoms with Gasteiger partial charge in [0.2, 0.25) is 5.91 Å². The highest BCUT2D eigenvalue weighted by molar-refractivity contribution is 5.77. The maximum absolute atomic E-state index is 12.4. The predicted molar refractivity (Wildman–Crippen MR) is 141 cm³/mol. The van der Waals surface area contributed by atoms with E-state index in [4.69, 9.17) is 38.9 Å². The molecule has 15 atom stereocenters. The van der Waals surface area contributed by atoms with E-state index in [9.17, 15) is 35.4 Å². The van der Waals surface area contributed by atoms with E-state index in [1.807, 2.05) is 0 Å². The van der Waals surface area contributed by atoms with E-state index in [1.54, 1.807) is 13.8 Å². The van der Waals surface area contributed by atoms with E-state index in [2.05, 4.69) is 5.32 Å². The number of nitrogens with one attached hydrogen (secondary N) is 1. The van der Waals surface area contributed by atoms with E-state index < -0.39 is 104 Å². The van der Waals surface area contributed by atoms with E-state index in [1.165, 1.54) is 27.9 Å². The van der Waals surface area contributed by atoms with Crippen molar-refractivity contribution in [2.24, 2.45) is 5.73 Å². The lowest BCUT2D eigenvalue weighted by atomic mass is 9.94. The first-order valence-corrected chi connectivity index (χ1v) is 14.1. The number of nitrogens with two attached hydrogens (primary N) is 1. The fraction of sp³-hybridized carbons (Fsp3) is 0.962. The Morgan fingerprint density at radius 1 is 0.786 bits per heavy atom. The molecule has 246 valence electrons. The third kappa shape index (κ3) is 8.33. The second-order valence-electron chi connectivity index (χ2n) is 11.7. The third-order valence-corrected chi connectivity index (χ3v) is 7.57. The Hall–Kier alpha value is -1.09. The molecule has 42 heavy (non-hydrogen) atoms. The summed E-state index contributed by atoms with van der Waals surface area (Å²) in [4.78, 5) is 12.4. The molecule has 3 aliphatic rings. The summed E-state index contributed by atoms with van der Waals surface area (Å²) in [5.74, 6) is -0.511. The number of methoxy groups -OCH3 is 1. The number of rotatable bonds is 11. The second-order valence-corrected chi connectivity index (χ2v) is 11.7. The van der Waals surface area contributed by atoms with Crippen LogP contribution in [0.15, 0.2) is 0 Å². The lowest BCUT2D eigenvalue weighted by molar-refractivity contribution is -0.373. The van der Waals surface area contributed by atoms with Gasteiger partial charge in [-0.05, 0) is 34.6 Å². The fourth-order valence-electron chi connectivity index (χ4n) is 5.27. The summed E-state index contributed by atoms with van der Waals surface area (Å²) in [6.07, 6.45) is -17.8. The second kappa shape index (κ2) is 14.8. The van der Waals surface area contributed by atoms with Crippen molar-refractivity contribution in [3.8, 4) is 0 Å². The monoisotopic (exact) mass is 612 g/mol. The zero-order valence-electron chi connectivity index (χ0n) is 24.8. The Bertz CT molecular complexity index is 863.